The van der Waals surface area contributed by atoms with Crippen molar-refractivity contribution in [2.75, 3.05) is 25.6 Å². The molecule has 1 N–H and O–H groups in total. The van der Waals surface area contributed by atoms with Gasteiger partial charge in [0.05, 0.1) is 18.9 Å². The maximum Gasteiger partial charge on any atom is 0.145 e. The van der Waals surface area contributed by atoms with Crippen LogP contribution < -0.4 is 10.1 Å². The number of rotatable bonds is 4. The zero-order valence-electron chi connectivity index (χ0n) is 9.25. The summed E-state index contributed by atoms with van der Waals surface area (Å²) in [6.45, 7) is 3.59. The number of nitrogens with one attached hydrogen (secondary N) is 1. The summed E-state index contributed by atoms with van der Waals surface area (Å²) < 4.78 is 10.7. The summed E-state index contributed by atoms with van der Waals surface area (Å²) in [5.74, 6) is 1.01. The monoisotopic (exact) mass is 207 g/mol. The third kappa shape index (κ3) is 2.23. The highest BCUT2D eigenvalue weighted by atomic mass is 16.5. The molecule has 1 unspecified atom stereocenters. The average molecular weight is 207 g/mol. The number of hydrogen-bond donors (Lipinski definition) is 1. The minimum Gasteiger partial charge on any atom is -0.491 e. The summed E-state index contributed by atoms with van der Waals surface area (Å²) >= 11 is 0. The second-order valence-electron chi connectivity index (χ2n) is 3.89. The molecule has 0 radical (unpaired) electrons. The molecular formula is C12H17NO2. The Balaban J connectivity index is 2.11. The molecule has 0 amide bonds. The van der Waals surface area contributed by atoms with E-state index < -0.39 is 0 Å². The lowest BCUT2D eigenvalue weighted by atomic mass is 10.1. The van der Waals surface area contributed by atoms with Crippen molar-refractivity contribution in [3.8, 4) is 5.75 Å². The predicted octanol–water partition coefficient (Wildman–Crippen LogP) is 2.07. The lowest BCUT2D eigenvalue weighted by Crippen LogP contribution is -2.21. The fourth-order valence-corrected chi connectivity index (χ4v) is 1.89. The van der Waals surface area contributed by atoms with E-state index >= 15 is 0 Å². The molecule has 0 aromatic heterocycles. The van der Waals surface area contributed by atoms with Crippen LogP contribution in [0.15, 0.2) is 18.2 Å². The van der Waals surface area contributed by atoms with Crippen LogP contribution in [0.4, 0.5) is 5.69 Å². The highest BCUT2D eigenvalue weighted by Gasteiger charge is 2.16. The van der Waals surface area contributed by atoms with E-state index in [4.69, 9.17) is 9.47 Å². The van der Waals surface area contributed by atoms with Gasteiger partial charge in [-0.1, -0.05) is 12.1 Å². The van der Waals surface area contributed by atoms with Crippen LogP contribution in [0, 0.1) is 0 Å². The molecule has 0 saturated heterocycles. The Morgan fingerprint density at radius 3 is 3.20 bits per heavy atom. The van der Waals surface area contributed by atoms with E-state index in [2.05, 4.69) is 30.4 Å². The van der Waals surface area contributed by atoms with Gasteiger partial charge < -0.3 is 14.8 Å². The molecule has 1 aliphatic heterocycles. The molecule has 1 aliphatic rings. The van der Waals surface area contributed by atoms with Crippen molar-refractivity contribution >= 4 is 5.69 Å². The second-order valence-corrected chi connectivity index (χ2v) is 3.89. The lowest BCUT2D eigenvalue weighted by Gasteiger charge is -2.16. The van der Waals surface area contributed by atoms with Crippen LogP contribution in [-0.4, -0.2) is 26.4 Å². The third-order valence-electron chi connectivity index (χ3n) is 2.53. The first-order valence-electron chi connectivity index (χ1n) is 5.31. The van der Waals surface area contributed by atoms with Crippen LogP contribution in [-0.2, 0) is 11.2 Å². The van der Waals surface area contributed by atoms with Crippen LogP contribution in [0.2, 0.25) is 0 Å². The molecule has 0 aliphatic carbocycles. The Hall–Kier alpha value is -1.22. The normalized spacial score (nSPS) is 15.6. The van der Waals surface area contributed by atoms with Crippen molar-refractivity contribution < 1.29 is 9.47 Å². The second kappa shape index (κ2) is 4.53. The highest BCUT2D eigenvalue weighted by Crippen LogP contribution is 2.33. The largest absolute Gasteiger partial charge is 0.491 e. The molecule has 1 heterocycles. The maximum atomic E-state index is 5.61. The Bertz CT molecular complexity index is 338. The van der Waals surface area contributed by atoms with Gasteiger partial charge in [0.1, 0.15) is 5.75 Å². The van der Waals surface area contributed by atoms with Crippen molar-refractivity contribution in [1.29, 1.82) is 0 Å². The minimum atomic E-state index is 0.297. The molecule has 0 bridgehead atoms. The molecule has 0 spiro atoms. The fraction of sp³-hybridized carbons (Fsp3) is 0.500. The first kappa shape index (κ1) is 10.3. The van der Waals surface area contributed by atoms with Gasteiger partial charge in [0.25, 0.3) is 0 Å². The van der Waals surface area contributed by atoms with E-state index in [1.165, 1.54) is 5.56 Å². The first-order chi connectivity index (χ1) is 7.31. The zero-order valence-corrected chi connectivity index (χ0v) is 9.25. The van der Waals surface area contributed by atoms with E-state index in [0.717, 1.165) is 24.5 Å². The molecule has 1 aromatic rings. The van der Waals surface area contributed by atoms with Crippen LogP contribution >= 0.6 is 0 Å². The summed E-state index contributed by atoms with van der Waals surface area (Å²) in [5, 5.41) is 3.39. The van der Waals surface area contributed by atoms with Gasteiger partial charge in [-0.05, 0) is 18.6 Å². The van der Waals surface area contributed by atoms with Crippen molar-refractivity contribution in [2.45, 2.75) is 19.4 Å². The zero-order chi connectivity index (χ0) is 10.7. The lowest BCUT2D eigenvalue weighted by molar-refractivity contribution is 0.190. The van der Waals surface area contributed by atoms with E-state index in [9.17, 15) is 0 Å². The molecule has 0 saturated carbocycles. The molecule has 1 aromatic carbocycles. The Morgan fingerprint density at radius 1 is 1.53 bits per heavy atom. The minimum absolute atomic E-state index is 0.297. The Morgan fingerprint density at radius 2 is 2.40 bits per heavy atom. The highest BCUT2D eigenvalue weighted by molar-refractivity contribution is 5.61. The molecule has 1 atom stereocenters. The first-order valence-corrected chi connectivity index (χ1v) is 5.31. The van der Waals surface area contributed by atoms with Crippen LogP contribution in [0.3, 0.4) is 0 Å². The van der Waals surface area contributed by atoms with Gasteiger partial charge in [-0.15, -0.1) is 0 Å². The standard InChI is InChI=1S/C12H17NO2/c1-9(8-14-2)13-11-5-3-4-10-6-7-15-12(10)11/h3-5,9,13H,6-8H2,1-2H3. The maximum absolute atomic E-state index is 5.61. The van der Waals surface area contributed by atoms with Gasteiger partial charge in [0.15, 0.2) is 0 Å². The van der Waals surface area contributed by atoms with E-state index in [-0.39, 0.29) is 0 Å². The molecule has 15 heavy (non-hydrogen) atoms. The molecule has 0 fully saturated rings. The van der Waals surface area contributed by atoms with Crippen LogP contribution in [0.1, 0.15) is 12.5 Å². The number of para-hydroxylation sites is 1. The quantitative estimate of drug-likeness (QED) is 0.819. The average Bonchev–Trinajstić information content (AvgIpc) is 2.67. The van der Waals surface area contributed by atoms with Crippen LogP contribution in [0.5, 0.6) is 5.75 Å². The Kier molecular flexibility index (Phi) is 3.11. The van der Waals surface area contributed by atoms with Gasteiger partial charge >= 0.3 is 0 Å². The summed E-state index contributed by atoms with van der Waals surface area (Å²) in [6.07, 6.45) is 1.02. The van der Waals surface area contributed by atoms with Gasteiger partial charge in [-0.25, -0.2) is 0 Å². The number of hydrogen-bond acceptors (Lipinski definition) is 3. The molecular weight excluding hydrogens is 190 g/mol. The van der Waals surface area contributed by atoms with Crippen molar-refractivity contribution in [3.05, 3.63) is 23.8 Å². The molecule has 3 heteroatoms. The molecule has 3 nitrogen and oxygen atoms in total. The topological polar surface area (TPSA) is 30.5 Å². The van der Waals surface area contributed by atoms with Gasteiger partial charge in [-0.3, -0.25) is 0 Å². The Labute approximate surface area is 90.4 Å². The van der Waals surface area contributed by atoms with Gasteiger partial charge in [0.2, 0.25) is 0 Å². The van der Waals surface area contributed by atoms with Crippen molar-refractivity contribution in [3.63, 3.8) is 0 Å². The number of ether oxygens (including phenoxy) is 2. The smallest absolute Gasteiger partial charge is 0.145 e. The van der Waals surface area contributed by atoms with E-state index in [1.54, 1.807) is 7.11 Å². The number of anilines is 1. The van der Waals surface area contributed by atoms with Crippen molar-refractivity contribution in [1.82, 2.24) is 0 Å². The molecule has 2 rings (SSSR count). The predicted molar refractivity (Wildman–Crippen MR) is 60.6 cm³/mol. The fourth-order valence-electron chi connectivity index (χ4n) is 1.89. The van der Waals surface area contributed by atoms with Gasteiger partial charge in [0, 0.05) is 19.6 Å². The van der Waals surface area contributed by atoms with E-state index in [0.29, 0.717) is 12.6 Å². The van der Waals surface area contributed by atoms with E-state index in [1.807, 2.05) is 0 Å². The molecule has 82 valence electrons. The SMILES string of the molecule is COCC(C)Nc1cccc2c1OCC2. The third-order valence-corrected chi connectivity index (χ3v) is 2.53. The van der Waals surface area contributed by atoms with Gasteiger partial charge in [-0.2, -0.15) is 0 Å². The summed E-state index contributed by atoms with van der Waals surface area (Å²) in [6, 6.07) is 6.53. The summed E-state index contributed by atoms with van der Waals surface area (Å²) in [5.41, 5.74) is 2.37. The number of benzene rings is 1. The van der Waals surface area contributed by atoms with Crippen molar-refractivity contribution in [2.24, 2.45) is 0 Å². The summed E-state index contributed by atoms with van der Waals surface area (Å²) in [4.78, 5) is 0. The number of methoxy groups -OCH3 is 1. The van der Waals surface area contributed by atoms with Crippen LogP contribution in [0.25, 0.3) is 0 Å². The number of fused-ring (bicyclic) bond motifs is 1. The summed E-state index contributed by atoms with van der Waals surface area (Å²) in [7, 11) is 1.71.